The molecule has 128 valence electrons. The highest BCUT2D eigenvalue weighted by atomic mass is 19.1. The standard InChI is InChI=1S/C18H15F2N3O2/c19-14-5-1-12(2-6-14)11-16(24)21-10-9-17-22-18(23-25-17)13-3-7-15(20)8-4-13/h1-8H,9-11H2,(H,21,24). The van der Waals surface area contributed by atoms with Crippen LogP contribution in [-0.4, -0.2) is 22.6 Å². The van der Waals surface area contributed by atoms with Gasteiger partial charge in [0.2, 0.25) is 17.6 Å². The normalized spacial score (nSPS) is 10.6. The number of hydrogen-bond donors (Lipinski definition) is 1. The number of carbonyl (C=O) groups is 1. The maximum absolute atomic E-state index is 12.9. The average Bonchev–Trinajstić information content (AvgIpc) is 3.06. The van der Waals surface area contributed by atoms with E-state index in [-0.39, 0.29) is 24.0 Å². The molecule has 1 N–H and O–H groups in total. The molecule has 0 saturated heterocycles. The first kappa shape index (κ1) is 16.8. The van der Waals surface area contributed by atoms with Crippen molar-refractivity contribution in [2.24, 2.45) is 0 Å². The van der Waals surface area contributed by atoms with E-state index in [0.29, 0.717) is 30.2 Å². The fourth-order valence-corrected chi connectivity index (χ4v) is 2.23. The lowest BCUT2D eigenvalue weighted by atomic mass is 10.1. The van der Waals surface area contributed by atoms with Gasteiger partial charge in [-0.25, -0.2) is 8.78 Å². The largest absolute Gasteiger partial charge is 0.355 e. The van der Waals surface area contributed by atoms with Gasteiger partial charge in [0.05, 0.1) is 6.42 Å². The zero-order valence-corrected chi connectivity index (χ0v) is 13.2. The molecule has 1 aromatic heterocycles. The second-order valence-electron chi connectivity index (χ2n) is 5.42. The van der Waals surface area contributed by atoms with E-state index in [4.69, 9.17) is 4.52 Å². The number of nitrogens with one attached hydrogen (secondary N) is 1. The summed E-state index contributed by atoms with van der Waals surface area (Å²) < 4.78 is 30.8. The van der Waals surface area contributed by atoms with Crippen molar-refractivity contribution in [1.29, 1.82) is 0 Å². The molecule has 3 rings (SSSR count). The molecule has 7 heteroatoms. The predicted molar refractivity (Wildman–Crippen MR) is 86.5 cm³/mol. The van der Waals surface area contributed by atoms with E-state index in [0.717, 1.165) is 5.56 Å². The summed E-state index contributed by atoms with van der Waals surface area (Å²) in [4.78, 5) is 16.0. The van der Waals surface area contributed by atoms with Gasteiger partial charge in [0.25, 0.3) is 0 Å². The molecule has 0 atom stereocenters. The second kappa shape index (κ2) is 7.65. The Kier molecular flexibility index (Phi) is 5.13. The van der Waals surface area contributed by atoms with E-state index >= 15 is 0 Å². The Hall–Kier alpha value is -3.09. The monoisotopic (exact) mass is 343 g/mol. The van der Waals surface area contributed by atoms with Crippen molar-refractivity contribution in [1.82, 2.24) is 15.5 Å². The van der Waals surface area contributed by atoms with Crippen LogP contribution in [0, 0.1) is 11.6 Å². The molecule has 0 fully saturated rings. The van der Waals surface area contributed by atoms with Gasteiger partial charge in [0, 0.05) is 18.5 Å². The van der Waals surface area contributed by atoms with Crippen molar-refractivity contribution < 1.29 is 18.1 Å². The number of halogens is 2. The van der Waals surface area contributed by atoms with Crippen LogP contribution in [0.5, 0.6) is 0 Å². The summed E-state index contributed by atoms with van der Waals surface area (Å²) in [5.74, 6) is -0.104. The van der Waals surface area contributed by atoms with Gasteiger partial charge in [-0.1, -0.05) is 17.3 Å². The van der Waals surface area contributed by atoms with Crippen LogP contribution in [0.1, 0.15) is 11.5 Å². The lowest BCUT2D eigenvalue weighted by Crippen LogP contribution is -2.27. The summed E-state index contributed by atoms with van der Waals surface area (Å²) in [7, 11) is 0. The Morgan fingerprint density at radius 2 is 1.64 bits per heavy atom. The first-order chi connectivity index (χ1) is 12.1. The second-order valence-corrected chi connectivity index (χ2v) is 5.42. The van der Waals surface area contributed by atoms with E-state index in [1.54, 1.807) is 24.3 Å². The van der Waals surface area contributed by atoms with Gasteiger partial charge in [-0.15, -0.1) is 0 Å². The highest BCUT2D eigenvalue weighted by molar-refractivity contribution is 5.78. The lowest BCUT2D eigenvalue weighted by molar-refractivity contribution is -0.120. The Bertz CT molecular complexity index is 846. The van der Waals surface area contributed by atoms with Crippen molar-refractivity contribution in [3.05, 3.63) is 71.6 Å². The number of hydrogen-bond acceptors (Lipinski definition) is 4. The Labute approximate surface area is 142 Å². The average molecular weight is 343 g/mol. The van der Waals surface area contributed by atoms with E-state index in [2.05, 4.69) is 15.5 Å². The topological polar surface area (TPSA) is 68.0 Å². The van der Waals surface area contributed by atoms with Crippen molar-refractivity contribution in [3.8, 4) is 11.4 Å². The Balaban J connectivity index is 1.48. The highest BCUT2D eigenvalue weighted by Crippen LogP contribution is 2.16. The van der Waals surface area contributed by atoms with Gasteiger partial charge in [-0.3, -0.25) is 4.79 Å². The van der Waals surface area contributed by atoms with Crippen LogP contribution in [0.2, 0.25) is 0 Å². The Morgan fingerprint density at radius 1 is 1.00 bits per heavy atom. The molecule has 0 radical (unpaired) electrons. The predicted octanol–water partition coefficient (Wildman–Crippen LogP) is 2.92. The van der Waals surface area contributed by atoms with Crippen molar-refractivity contribution in [2.75, 3.05) is 6.54 Å². The van der Waals surface area contributed by atoms with Gasteiger partial charge in [-0.05, 0) is 42.0 Å². The van der Waals surface area contributed by atoms with Gasteiger partial charge in [0.15, 0.2) is 0 Å². The highest BCUT2D eigenvalue weighted by Gasteiger charge is 2.09. The fraction of sp³-hybridized carbons (Fsp3) is 0.167. The van der Waals surface area contributed by atoms with Crippen LogP contribution < -0.4 is 5.32 Å². The fourth-order valence-electron chi connectivity index (χ4n) is 2.23. The summed E-state index contributed by atoms with van der Waals surface area (Å²) in [6.07, 6.45) is 0.550. The van der Waals surface area contributed by atoms with Crippen LogP contribution in [0.25, 0.3) is 11.4 Å². The molecule has 1 amide bonds. The van der Waals surface area contributed by atoms with Crippen LogP contribution in [0.3, 0.4) is 0 Å². The summed E-state index contributed by atoms with van der Waals surface area (Å²) in [5.41, 5.74) is 1.38. The van der Waals surface area contributed by atoms with Gasteiger partial charge < -0.3 is 9.84 Å². The van der Waals surface area contributed by atoms with Crippen molar-refractivity contribution in [3.63, 3.8) is 0 Å². The zero-order valence-electron chi connectivity index (χ0n) is 13.2. The molecule has 0 unspecified atom stereocenters. The summed E-state index contributed by atoms with van der Waals surface area (Å²) in [5, 5.41) is 6.57. The first-order valence-corrected chi connectivity index (χ1v) is 7.70. The minimum absolute atomic E-state index is 0.172. The molecular weight excluding hydrogens is 328 g/mol. The number of benzene rings is 2. The minimum Gasteiger partial charge on any atom is -0.355 e. The third-order valence-electron chi connectivity index (χ3n) is 3.51. The van der Waals surface area contributed by atoms with E-state index in [1.165, 1.54) is 24.3 Å². The number of amides is 1. The minimum atomic E-state index is -0.337. The van der Waals surface area contributed by atoms with Crippen molar-refractivity contribution >= 4 is 5.91 Å². The van der Waals surface area contributed by atoms with Crippen LogP contribution >= 0.6 is 0 Å². The SMILES string of the molecule is O=C(Cc1ccc(F)cc1)NCCc1nc(-c2ccc(F)cc2)no1. The quantitative estimate of drug-likeness (QED) is 0.747. The van der Waals surface area contributed by atoms with Gasteiger partial charge in [-0.2, -0.15) is 4.98 Å². The molecule has 2 aromatic carbocycles. The molecule has 1 heterocycles. The number of nitrogens with zero attached hydrogens (tertiary/aromatic N) is 2. The summed E-state index contributed by atoms with van der Waals surface area (Å²) in [6.45, 7) is 0.338. The van der Waals surface area contributed by atoms with Crippen LogP contribution in [0.4, 0.5) is 8.78 Å². The molecule has 0 spiro atoms. The van der Waals surface area contributed by atoms with E-state index in [1.807, 2.05) is 0 Å². The maximum atomic E-state index is 12.9. The van der Waals surface area contributed by atoms with E-state index < -0.39 is 0 Å². The molecular formula is C18H15F2N3O2. The smallest absolute Gasteiger partial charge is 0.228 e. The molecule has 0 aliphatic heterocycles. The molecule has 0 saturated carbocycles. The third-order valence-corrected chi connectivity index (χ3v) is 3.51. The number of rotatable bonds is 6. The molecule has 5 nitrogen and oxygen atoms in total. The summed E-state index contributed by atoms with van der Waals surface area (Å²) in [6, 6.07) is 11.5. The van der Waals surface area contributed by atoms with Crippen LogP contribution in [-0.2, 0) is 17.6 Å². The lowest BCUT2D eigenvalue weighted by Gasteiger charge is -2.03. The maximum Gasteiger partial charge on any atom is 0.228 e. The third kappa shape index (κ3) is 4.69. The number of aromatic nitrogens is 2. The molecule has 3 aromatic rings. The number of carbonyl (C=O) groups excluding carboxylic acids is 1. The van der Waals surface area contributed by atoms with E-state index in [9.17, 15) is 13.6 Å². The van der Waals surface area contributed by atoms with Crippen molar-refractivity contribution in [2.45, 2.75) is 12.8 Å². The van der Waals surface area contributed by atoms with Gasteiger partial charge in [0.1, 0.15) is 11.6 Å². The first-order valence-electron chi connectivity index (χ1n) is 7.70. The molecule has 25 heavy (non-hydrogen) atoms. The zero-order chi connectivity index (χ0) is 17.6. The molecule has 0 aliphatic rings. The van der Waals surface area contributed by atoms with Crippen LogP contribution in [0.15, 0.2) is 53.1 Å². The van der Waals surface area contributed by atoms with Gasteiger partial charge >= 0.3 is 0 Å². The summed E-state index contributed by atoms with van der Waals surface area (Å²) >= 11 is 0. The Morgan fingerprint density at radius 3 is 2.32 bits per heavy atom. The molecule has 0 bridgehead atoms. The molecule has 0 aliphatic carbocycles.